The van der Waals surface area contributed by atoms with Gasteiger partial charge >= 0.3 is 5.97 Å². The Morgan fingerprint density at radius 2 is 2.03 bits per heavy atom. The zero-order valence-corrected chi connectivity index (χ0v) is 19.1. The van der Waals surface area contributed by atoms with E-state index >= 15 is 0 Å². The van der Waals surface area contributed by atoms with Gasteiger partial charge in [0.2, 0.25) is 0 Å². The Bertz CT molecular complexity index is 753. The summed E-state index contributed by atoms with van der Waals surface area (Å²) in [5.74, 6) is -2.96. The highest BCUT2D eigenvalue weighted by Gasteiger charge is 2.41. The zero-order chi connectivity index (χ0) is 24.9. The number of carboxylic acid groups (broad SMARTS) is 1. The first-order valence-corrected chi connectivity index (χ1v) is 11.0. The molecule has 0 saturated carbocycles. The largest absolute Gasteiger partial charge is 0.550 e. The first-order chi connectivity index (χ1) is 15.3. The third kappa shape index (κ3) is 7.74. The van der Waals surface area contributed by atoms with E-state index in [-0.39, 0.29) is 42.7 Å². The highest BCUT2D eigenvalue weighted by Crippen LogP contribution is 2.45. The molecule has 7 nitrogen and oxygen atoms in total. The predicted octanol–water partition coefficient (Wildman–Crippen LogP) is 2.76. The summed E-state index contributed by atoms with van der Waals surface area (Å²) < 4.78 is 28.8. The summed E-state index contributed by atoms with van der Waals surface area (Å²) in [7, 11) is 0. The number of hydrogen-bond donors (Lipinski definition) is 3. The van der Waals surface area contributed by atoms with Gasteiger partial charge in [0.25, 0.3) is 0 Å². The highest BCUT2D eigenvalue weighted by molar-refractivity contribution is 5.72. The number of aliphatic carboxylic acids is 1. The van der Waals surface area contributed by atoms with Crippen molar-refractivity contribution in [2.24, 2.45) is 29.6 Å². The van der Waals surface area contributed by atoms with Crippen molar-refractivity contribution < 1.29 is 33.8 Å². The van der Waals surface area contributed by atoms with Crippen molar-refractivity contribution in [3.8, 4) is 0 Å². The van der Waals surface area contributed by atoms with Gasteiger partial charge in [0.15, 0.2) is 0 Å². The summed E-state index contributed by atoms with van der Waals surface area (Å²) in [5.41, 5.74) is 1.06. The molecule has 0 amide bonds. The summed E-state index contributed by atoms with van der Waals surface area (Å²) in [4.78, 5) is 23.4. The summed E-state index contributed by atoms with van der Waals surface area (Å²) in [6.07, 6.45) is 4.96. The number of aliphatic hydroxyl groups is 2. The average molecular weight is 443 g/mol. The smallest absolute Gasteiger partial charge is 0.308 e. The second-order valence-corrected chi connectivity index (χ2v) is 8.92. The van der Waals surface area contributed by atoms with Gasteiger partial charge in [-0.1, -0.05) is 45.9 Å². The van der Waals surface area contributed by atoms with Crippen LogP contribution in [-0.2, 0) is 14.3 Å². The van der Waals surface area contributed by atoms with Gasteiger partial charge in [-0.15, -0.1) is 0 Å². The lowest BCUT2D eigenvalue weighted by Gasteiger charge is -2.43. The van der Waals surface area contributed by atoms with E-state index in [2.05, 4.69) is 19.1 Å². The van der Waals surface area contributed by atoms with Gasteiger partial charge < -0.3 is 31.0 Å². The van der Waals surface area contributed by atoms with E-state index < -0.39 is 49.4 Å². The van der Waals surface area contributed by atoms with Gasteiger partial charge in [0.05, 0.1) is 18.1 Å². The maximum absolute atomic E-state index is 12.8. The predicted molar refractivity (Wildman–Crippen MR) is 118 cm³/mol. The quantitative estimate of drug-likeness (QED) is 0.444. The molecule has 0 saturated heterocycles. The van der Waals surface area contributed by atoms with E-state index in [0.717, 1.165) is 5.57 Å². The van der Waals surface area contributed by atoms with E-state index in [0.29, 0.717) is 19.3 Å². The molecule has 6 N–H and O–H groups in total. The van der Waals surface area contributed by atoms with Gasteiger partial charge in [-0.3, -0.25) is 4.79 Å². The van der Waals surface area contributed by atoms with Gasteiger partial charge in [0, 0.05) is 22.4 Å². The number of esters is 1. The van der Waals surface area contributed by atoms with Crippen molar-refractivity contribution >= 4 is 11.9 Å². The normalized spacial score (nSPS) is 32.1. The summed E-state index contributed by atoms with van der Waals surface area (Å²) in [6, 6.07) is 0. The summed E-state index contributed by atoms with van der Waals surface area (Å²) >= 11 is 0. The number of carboxylic acids is 1. The molecule has 0 aromatic rings. The van der Waals surface area contributed by atoms with Crippen LogP contribution in [0.5, 0.6) is 0 Å². The molecule has 0 unspecified atom stereocenters. The highest BCUT2D eigenvalue weighted by atomic mass is 16.5. The maximum Gasteiger partial charge on any atom is 0.308 e. The van der Waals surface area contributed by atoms with Crippen LogP contribution in [0.15, 0.2) is 23.8 Å². The van der Waals surface area contributed by atoms with Crippen molar-refractivity contribution in [3.63, 3.8) is 0 Å². The molecule has 0 radical (unpaired) electrons. The molecule has 0 spiro atoms. The van der Waals surface area contributed by atoms with Crippen LogP contribution in [0.2, 0.25) is 0 Å². The van der Waals surface area contributed by atoms with Crippen LogP contribution in [-0.4, -0.2) is 40.5 Å². The van der Waals surface area contributed by atoms with Crippen LogP contribution < -0.4 is 11.3 Å². The number of quaternary nitrogens is 1. The summed E-state index contributed by atoms with van der Waals surface area (Å²) in [6.45, 7) is 3.34. The Kier molecular flexibility index (Phi) is 8.97. The molecule has 7 heteroatoms. The second-order valence-electron chi connectivity index (χ2n) is 8.92. The van der Waals surface area contributed by atoms with Crippen LogP contribution in [0, 0.1) is 29.6 Å². The third-order valence-corrected chi connectivity index (χ3v) is 6.34. The maximum atomic E-state index is 12.8. The molecular weight excluding hydrogens is 398 g/mol. The number of fused-ring (bicyclic) bond motifs is 1. The fourth-order valence-electron chi connectivity index (χ4n) is 4.71. The lowest BCUT2D eigenvalue weighted by atomic mass is 9.65. The monoisotopic (exact) mass is 442 g/mol. The lowest BCUT2D eigenvalue weighted by Crippen LogP contribution is -2.41. The first-order valence-electron chi connectivity index (χ1n) is 12.5. The standard InChI is InChI=1S/C24H38O6.H3N/c1-5-15(3)24(29)30-21-11-14(2)10-17-7-6-16(4)20(23(17)21)9-8-18(25)12-19(26)13-22(27)28;/h6-7,10,14-16,18-21,23,25-26H,5,8-9,11-13H2,1-4H3,(H,27,28);1H3/t14-,15+,16-,18+,19+,20-,21-,23-;/m0./s1/i3D3;. The van der Waals surface area contributed by atoms with Crippen LogP contribution in [0.3, 0.4) is 0 Å². The molecule has 178 valence electrons. The van der Waals surface area contributed by atoms with E-state index in [1.165, 1.54) is 0 Å². The number of ether oxygens (including phenoxy) is 1. The Hall–Kier alpha value is -1.70. The molecule has 0 aromatic carbocycles. The van der Waals surface area contributed by atoms with Crippen molar-refractivity contribution in [1.29, 1.82) is 0 Å². The van der Waals surface area contributed by atoms with Gasteiger partial charge in [-0.25, -0.2) is 0 Å². The molecule has 2 rings (SSSR count). The molecule has 8 atom stereocenters. The number of carbonyl (C=O) groups is 2. The molecule has 0 heterocycles. The van der Waals surface area contributed by atoms with Gasteiger partial charge in [0.1, 0.15) is 6.10 Å². The van der Waals surface area contributed by atoms with E-state index in [9.17, 15) is 24.9 Å². The van der Waals surface area contributed by atoms with E-state index in [1.807, 2.05) is 13.0 Å². The second kappa shape index (κ2) is 12.4. The molecule has 0 aliphatic heterocycles. The van der Waals surface area contributed by atoms with E-state index in [1.54, 1.807) is 6.92 Å². The van der Waals surface area contributed by atoms with E-state index in [4.69, 9.17) is 8.85 Å². The molecular formula is C24H41NO6. The first kappa shape index (κ1) is 22.5. The Balaban J connectivity index is 0.00000578. The molecule has 2 aliphatic carbocycles. The van der Waals surface area contributed by atoms with Crippen LogP contribution in [0.25, 0.3) is 0 Å². The van der Waals surface area contributed by atoms with Crippen molar-refractivity contribution in [2.75, 3.05) is 0 Å². The third-order valence-electron chi connectivity index (χ3n) is 6.34. The Morgan fingerprint density at radius 1 is 1.32 bits per heavy atom. The Labute approximate surface area is 190 Å². The minimum Gasteiger partial charge on any atom is -0.550 e. The Morgan fingerprint density at radius 3 is 2.65 bits per heavy atom. The molecule has 0 aromatic heterocycles. The molecule has 2 aliphatic rings. The SMILES string of the molecule is [2H]C([2H])([2H])[C@H](CC)C(=O)O[C@H]1C[C@@H](C)C=C2C=C[C@H](C)[C@H](CC[C@@H](O)C[C@@H](O)CC(=O)[O-])[C@H]21.[NH4+]. The van der Waals surface area contributed by atoms with Crippen molar-refractivity contribution in [2.45, 2.75) is 84.5 Å². The number of hydrogen-bond acceptors (Lipinski definition) is 6. The topological polar surface area (TPSA) is 143 Å². The lowest BCUT2D eigenvalue weighted by molar-refractivity contribution is -0.307. The fourth-order valence-corrected chi connectivity index (χ4v) is 4.71. The van der Waals surface area contributed by atoms with Crippen molar-refractivity contribution in [1.82, 2.24) is 6.15 Å². The fraction of sp³-hybridized carbons (Fsp3) is 0.750. The van der Waals surface area contributed by atoms with Crippen molar-refractivity contribution in [3.05, 3.63) is 23.8 Å². The van der Waals surface area contributed by atoms with Gasteiger partial charge in [-0.2, -0.15) is 0 Å². The van der Waals surface area contributed by atoms with Crippen LogP contribution in [0.1, 0.15) is 70.3 Å². The van der Waals surface area contributed by atoms with Crippen LogP contribution in [0.4, 0.5) is 0 Å². The minimum absolute atomic E-state index is 0. The minimum atomic E-state index is -2.42. The van der Waals surface area contributed by atoms with Crippen LogP contribution >= 0.6 is 0 Å². The summed E-state index contributed by atoms with van der Waals surface area (Å²) in [5, 5.41) is 30.7. The molecule has 0 fully saturated rings. The average Bonchev–Trinajstić information content (AvgIpc) is 2.65. The van der Waals surface area contributed by atoms with Gasteiger partial charge in [-0.05, 0) is 55.4 Å². The number of carbonyl (C=O) groups excluding carboxylic acids is 2. The number of rotatable bonds is 10. The molecule has 31 heavy (non-hydrogen) atoms. The zero-order valence-electron chi connectivity index (χ0n) is 22.1. The molecule has 0 bridgehead atoms. The number of allylic oxidation sites excluding steroid dienone is 3. The number of aliphatic hydroxyl groups excluding tert-OH is 2.